The molecule has 0 aliphatic carbocycles. The van der Waals surface area contributed by atoms with E-state index < -0.39 is 0 Å². The van der Waals surface area contributed by atoms with Crippen LogP contribution in [0.2, 0.25) is 0 Å². The molecular weight excluding hydrogens is 669 g/mol. The van der Waals surface area contributed by atoms with Crippen molar-refractivity contribution in [2.75, 3.05) is 20.4 Å². The number of benzene rings is 9. The Balaban J connectivity index is 1.05. The van der Waals surface area contributed by atoms with E-state index in [1.54, 1.807) is 0 Å². The number of nitrogens with one attached hydrogen (secondary N) is 2. The van der Waals surface area contributed by atoms with E-state index in [1.165, 1.54) is 27.1 Å². The van der Waals surface area contributed by atoms with Crippen LogP contribution < -0.4 is 20.4 Å². The summed E-state index contributed by atoms with van der Waals surface area (Å²) in [6.45, 7) is 2.11. The van der Waals surface area contributed by atoms with Crippen LogP contribution in [0.5, 0.6) is 0 Å². The minimum Gasteiger partial charge on any atom is -0.356 e. The molecule has 9 aromatic rings. The number of nitrogens with zero attached hydrogens (tertiary/aromatic N) is 2. The van der Waals surface area contributed by atoms with Gasteiger partial charge < -0.3 is 20.4 Å². The van der Waals surface area contributed by atoms with Crippen LogP contribution in [0.4, 0.5) is 56.9 Å². The molecule has 0 aromatic heterocycles. The Bertz CT molecular complexity index is 2580. The number of hydrogen-bond donors (Lipinski definition) is 2. The monoisotopic (exact) mass is 708 g/mol. The molecule has 0 saturated heterocycles. The molecule has 4 heteroatoms. The summed E-state index contributed by atoms with van der Waals surface area (Å²) in [5.74, 6) is 0. The van der Waals surface area contributed by atoms with Gasteiger partial charge in [0.05, 0.1) is 5.69 Å². The van der Waals surface area contributed by atoms with Crippen molar-refractivity contribution < 1.29 is 0 Å². The predicted octanol–water partition coefficient (Wildman–Crippen LogP) is 14.7. The van der Waals surface area contributed by atoms with Crippen LogP contribution in [0.3, 0.4) is 0 Å². The van der Waals surface area contributed by atoms with Gasteiger partial charge >= 0.3 is 0 Å². The smallest absolute Gasteiger partial charge is 0.0618 e. The third kappa shape index (κ3) is 7.09. The Hall–Kier alpha value is -7.30. The van der Waals surface area contributed by atoms with E-state index in [4.69, 9.17) is 0 Å². The van der Waals surface area contributed by atoms with E-state index in [-0.39, 0.29) is 0 Å². The maximum Gasteiger partial charge on any atom is 0.0618 e. The van der Waals surface area contributed by atoms with Crippen molar-refractivity contribution in [3.63, 3.8) is 0 Å². The van der Waals surface area contributed by atoms with Crippen molar-refractivity contribution in [1.29, 1.82) is 0 Å². The molecule has 9 rings (SSSR count). The average molecular weight is 709 g/mol. The van der Waals surface area contributed by atoms with Crippen LogP contribution in [0.1, 0.15) is 5.56 Å². The van der Waals surface area contributed by atoms with Crippen molar-refractivity contribution in [3.05, 3.63) is 218 Å². The molecule has 0 atom stereocenters. The first-order chi connectivity index (χ1) is 27.2. The molecular formula is C51H40N4. The molecule has 0 aliphatic heterocycles. The van der Waals surface area contributed by atoms with Gasteiger partial charge in [-0.25, -0.2) is 0 Å². The quantitative estimate of drug-likeness (QED) is 0.139. The molecule has 0 heterocycles. The summed E-state index contributed by atoms with van der Waals surface area (Å²) >= 11 is 0. The SMILES string of the molecule is Cc1ccc(Nc2ccc(N(c3ccc(Nc4ccc(N(c5ccccc5)c5ccccc5)cc4)cc3)c3c4ccccc4cc4ccccc34)cc2)cc1. The molecule has 55 heavy (non-hydrogen) atoms. The highest BCUT2D eigenvalue weighted by Crippen LogP contribution is 2.44. The van der Waals surface area contributed by atoms with Gasteiger partial charge in [0.15, 0.2) is 0 Å². The first-order valence-electron chi connectivity index (χ1n) is 18.7. The highest BCUT2D eigenvalue weighted by molar-refractivity contribution is 6.14. The van der Waals surface area contributed by atoms with Gasteiger partial charge in [0, 0.05) is 62.0 Å². The predicted molar refractivity (Wildman–Crippen MR) is 235 cm³/mol. The molecule has 4 nitrogen and oxygen atoms in total. The first kappa shape index (κ1) is 33.5. The maximum atomic E-state index is 3.64. The lowest BCUT2D eigenvalue weighted by molar-refractivity contribution is 1.28. The van der Waals surface area contributed by atoms with Crippen LogP contribution in [0, 0.1) is 6.92 Å². The zero-order valence-corrected chi connectivity index (χ0v) is 30.6. The molecule has 264 valence electrons. The molecule has 0 amide bonds. The topological polar surface area (TPSA) is 30.5 Å². The Morgan fingerprint density at radius 2 is 0.636 bits per heavy atom. The Morgan fingerprint density at radius 3 is 1.05 bits per heavy atom. The number of hydrogen-bond acceptors (Lipinski definition) is 4. The van der Waals surface area contributed by atoms with Crippen molar-refractivity contribution >= 4 is 78.4 Å². The van der Waals surface area contributed by atoms with Gasteiger partial charge in [0.25, 0.3) is 0 Å². The fourth-order valence-electron chi connectivity index (χ4n) is 7.29. The largest absolute Gasteiger partial charge is 0.356 e. The van der Waals surface area contributed by atoms with Gasteiger partial charge in [0.2, 0.25) is 0 Å². The Morgan fingerprint density at radius 1 is 0.309 bits per heavy atom. The highest BCUT2D eigenvalue weighted by Gasteiger charge is 2.19. The molecule has 0 spiro atoms. The Kier molecular flexibility index (Phi) is 9.13. The highest BCUT2D eigenvalue weighted by atomic mass is 15.2. The number of para-hydroxylation sites is 2. The lowest BCUT2D eigenvalue weighted by Gasteiger charge is -2.29. The second kappa shape index (κ2) is 15.0. The van der Waals surface area contributed by atoms with Crippen molar-refractivity contribution in [2.45, 2.75) is 6.92 Å². The fourth-order valence-corrected chi connectivity index (χ4v) is 7.29. The number of anilines is 10. The molecule has 0 bridgehead atoms. The molecule has 0 fully saturated rings. The van der Waals surface area contributed by atoms with Gasteiger partial charge in [-0.3, -0.25) is 0 Å². The minimum absolute atomic E-state index is 1.01. The molecule has 9 aromatic carbocycles. The summed E-state index contributed by atoms with van der Waals surface area (Å²) in [5, 5.41) is 12.0. The van der Waals surface area contributed by atoms with Crippen LogP contribution in [0.25, 0.3) is 21.5 Å². The third-order valence-corrected chi connectivity index (χ3v) is 10.0. The number of fused-ring (bicyclic) bond motifs is 2. The van der Waals surface area contributed by atoms with Crippen LogP contribution in [-0.2, 0) is 0 Å². The zero-order valence-electron chi connectivity index (χ0n) is 30.6. The van der Waals surface area contributed by atoms with Gasteiger partial charge in [-0.1, -0.05) is 103 Å². The van der Waals surface area contributed by atoms with Gasteiger partial charge in [-0.15, -0.1) is 0 Å². The second-order valence-corrected chi connectivity index (χ2v) is 13.8. The van der Waals surface area contributed by atoms with E-state index in [2.05, 4.69) is 240 Å². The third-order valence-electron chi connectivity index (χ3n) is 10.0. The van der Waals surface area contributed by atoms with E-state index in [0.717, 1.165) is 56.9 Å². The molecule has 0 aliphatic rings. The summed E-state index contributed by atoms with van der Waals surface area (Å²) < 4.78 is 0. The van der Waals surface area contributed by atoms with Crippen molar-refractivity contribution in [2.24, 2.45) is 0 Å². The minimum atomic E-state index is 1.01. The lowest BCUT2D eigenvalue weighted by Crippen LogP contribution is -2.11. The van der Waals surface area contributed by atoms with Crippen LogP contribution >= 0.6 is 0 Å². The maximum absolute atomic E-state index is 3.64. The van der Waals surface area contributed by atoms with Gasteiger partial charge in [-0.2, -0.15) is 0 Å². The summed E-state index contributed by atoms with van der Waals surface area (Å²) in [6, 6.07) is 75.2. The van der Waals surface area contributed by atoms with E-state index in [0.29, 0.717) is 0 Å². The fraction of sp³-hybridized carbons (Fsp3) is 0.0196. The molecule has 0 unspecified atom stereocenters. The van der Waals surface area contributed by atoms with Gasteiger partial charge in [0.1, 0.15) is 0 Å². The summed E-state index contributed by atoms with van der Waals surface area (Å²) in [7, 11) is 0. The standard InChI is InChI=1S/C51H40N4/c1-37-20-22-40(23-21-37)52-42-26-32-47(33-27-42)55(51-49-18-10-8-12-38(49)36-39-13-9-11-19-50(39)51)48-34-28-43(29-35-48)53-41-24-30-46(31-25-41)54(44-14-4-2-5-15-44)45-16-6-3-7-17-45/h2-36,52-53H,1H3. The zero-order chi connectivity index (χ0) is 37.0. The summed E-state index contributed by atoms with van der Waals surface area (Å²) in [5.41, 5.74) is 12.0. The lowest BCUT2D eigenvalue weighted by atomic mass is 9.99. The molecule has 2 N–H and O–H groups in total. The van der Waals surface area contributed by atoms with Crippen LogP contribution in [-0.4, -0.2) is 0 Å². The van der Waals surface area contributed by atoms with E-state index in [1.807, 2.05) is 0 Å². The van der Waals surface area contributed by atoms with Gasteiger partial charge in [-0.05, 0) is 133 Å². The van der Waals surface area contributed by atoms with E-state index >= 15 is 0 Å². The average Bonchev–Trinajstić information content (AvgIpc) is 3.24. The first-order valence-corrected chi connectivity index (χ1v) is 18.7. The van der Waals surface area contributed by atoms with Crippen molar-refractivity contribution in [3.8, 4) is 0 Å². The normalized spacial score (nSPS) is 11.0. The molecule has 0 radical (unpaired) electrons. The van der Waals surface area contributed by atoms with Crippen molar-refractivity contribution in [1.82, 2.24) is 0 Å². The summed E-state index contributed by atoms with van der Waals surface area (Å²) in [6.07, 6.45) is 0. The second-order valence-electron chi connectivity index (χ2n) is 13.8. The van der Waals surface area contributed by atoms with Crippen LogP contribution in [0.15, 0.2) is 212 Å². The molecule has 0 saturated carbocycles. The number of rotatable bonds is 10. The summed E-state index contributed by atoms with van der Waals surface area (Å²) in [4.78, 5) is 4.66. The van der Waals surface area contributed by atoms with E-state index in [9.17, 15) is 0 Å². The Labute approximate surface area is 322 Å². The number of aryl methyl sites for hydroxylation is 1.